The number of hydrogen-bond acceptors (Lipinski definition) is 8. The Morgan fingerprint density at radius 3 is 2.90 bits per heavy atom. The number of rotatable bonds is 9. The molecular weight excluding hydrogens is 420 g/mol. The lowest BCUT2D eigenvalue weighted by Gasteiger charge is -2.08. The third-order valence-corrected chi connectivity index (χ3v) is 5.74. The molecule has 160 valence electrons. The van der Waals surface area contributed by atoms with Crippen LogP contribution >= 0.6 is 11.8 Å². The second-order valence-corrected chi connectivity index (χ2v) is 8.05. The van der Waals surface area contributed by atoms with Gasteiger partial charge in [0.2, 0.25) is 5.91 Å². The van der Waals surface area contributed by atoms with E-state index in [9.17, 15) is 14.9 Å². The van der Waals surface area contributed by atoms with Crippen molar-refractivity contribution in [1.82, 2.24) is 20.2 Å². The number of thioether (sulfide) groups is 1. The first-order chi connectivity index (χ1) is 15.0. The Bertz CT molecular complexity index is 1110. The minimum Gasteiger partial charge on any atom is -0.490 e. The van der Waals surface area contributed by atoms with Crippen molar-refractivity contribution in [2.75, 3.05) is 18.2 Å². The van der Waals surface area contributed by atoms with E-state index >= 15 is 0 Å². The van der Waals surface area contributed by atoms with Crippen molar-refractivity contribution in [3.8, 4) is 17.1 Å². The van der Waals surface area contributed by atoms with Crippen LogP contribution < -0.4 is 10.1 Å². The first-order valence-electron chi connectivity index (χ1n) is 9.62. The Hall–Kier alpha value is -3.47. The molecule has 1 saturated carbocycles. The molecular formula is C20H20N6O4S. The number of ether oxygens (including phenoxy) is 1. The molecule has 4 rings (SSSR count). The summed E-state index contributed by atoms with van der Waals surface area (Å²) in [5.41, 5.74) is 2.16. The fraction of sp³-hybridized carbons (Fsp3) is 0.300. The van der Waals surface area contributed by atoms with Crippen LogP contribution in [0.3, 0.4) is 0 Å². The fourth-order valence-corrected chi connectivity index (χ4v) is 3.89. The predicted molar refractivity (Wildman–Crippen MR) is 116 cm³/mol. The largest absolute Gasteiger partial charge is 0.490 e. The summed E-state index contributed by atoms with van der Waals surface area (Å²) in [5.74, 6) is 1.42. The van der Waals surface area contributed by atoms with Crippen molar-refractivity contribution in [2.24, 2.45) is 0 Å². The van der Waals surface area contributed by atoms with Gasteiger partial charge in [-0.05, 0) is 47.0 Å². The van der Waals surface area contributed by atoms with Crippen molar-refractivity contribution in [3.63, 3.8) is 0 Å². The van der Waals surface area contributed by atoms with E-state index in [0.29, 0.717) is 23.3 Å². The number of nitrogens with one attached hydrogen (secondary N) is 1. The molecule has 0 atom stereocenters. The van der Waals surface area contributed by atoms with Crippen LogP contribution in [-0.4, -0.2) is 43.9 Å². The van der Waals surface area contributed by atoms with E-state index in [-0.39, 0.29) is 23.1 Å². The molecule has 2 aromatic carbocycles. The highest BCUT2D eigenvalue weighted by Crippen LogP contribution is 2.36. The van der Waals surface area contributed by atoms with Crippen LogP contribution in [0.15, 0.2) is 42.5 Å². The summed E-state index contributed by atoms with van der Waals surface area (Å²) in [6, 6.07) is 12.6. The number of anilines is 1. The number of hydrogen-bond donors (Lipinski definition) is 1. The molecule has 0 spiro atoms. The SMILES string of the molecule is COc1ccc(CSCC(=O)Nc2cccc(-c3nnnn3C3CC3)c2)cc1[N+](=O)[O-]. The van der Waals surface area contributed by atoms with Gasteiger partial charge in [-0.2, -0.15) is 0 Å². The van der Waals surface area contributed by atoms with Crippen molar-refractivity contribution in [3.05, 3.63) is 58.1 Å². The molecule has 1 aromatic heterocycles. The quantitative estimate of drug-likeness (QED) is 0.396. The van der Waals surface area contributed by atoms with Gasteiger partial charge in [0.05, 0.1) is 23.8 Å². The second kappa shape index (κ2) is 9.13. The van der Waals surface area contributed by atoms with Crippen LogP contribution in [0.5, 0.6) is 5.75 Å². The number of nitro benzene ring substituents is 1. The number of benzene rings is 2. The van der Waals surface area contributed by atoms with Gasteiger partial charge in [-0.25, -0.2) is 4.68 Å². The van der Waals surface area contributed by atoms with Crippen LogP contribution in [-0.2, 0) is 10.5 Å². The van der Waals surface area contributed by atoms with Gasteiger partial charge >= 0.3 is 5.69 Å². The average Bonchev–Trinajstić information content (AvgIpc) is 3.49. The molecule has 3 aromatic rings. The average molecular weight is 440 g/mol. The van der Waals surface area contributed by atoms with E-state index in [0.717, 1.165) is 24.0 Å². The zero-order chi connectivity index (χ0) is 21.8. The molecule has 1 heterocycles. The van der Waals surface area contributed by atoms with E-state index < -0.39 is 4.92 Å². The molecule has 0 radical (unpaired) electrons. The summed E-state index contributed by atoms with van der Waals surface area (Å²) >= 11 is 1.37. The molecule has 1 aliphatic rings. The molecule has 0 aliphatic heterocycles. The van der Waals surface area contributed by atoms with Gasteiger partial charge in [0, 0.05) is 23.1 Å². The van der Waals surface area contributed by atoms with Crippen molar-refractivity contribution in [1.29, 1.82) is 0 Å². The molecule has 31 heavy (non-hydrogen) atoms. The smallest absolute Gasteiger partial charge is 0.311 e. The van der Waals surface area contributed by atoms with E-state index in [4.69, 9.17) is 4.74 Å². The first kappa shape index (κ1) is 20.8. The zero-order valence-corrected chi connectivity index (χ0v) is 17.5. The molecule has 1 aliphatic carbocycles. The molecule has 1 amide bonds. The van der Waals surface area contributed by atoms with Crippen molar-refractivity contribution >= 4 is 29.0 Å². The maximum Gasteiger partial charge on any atom is 0.311 e. The Morgan fingerprint density at radius 2 is 2.16 bits per heavy atom. The second-order valence-electron chi connectivity index (χ2n) is 7.06. The lowest BCUT2D eigenvalue weighted by atomic mass is 10.2. The van der Waals surface area contributed by atoms with Crippen molar-refractivity contribution in [2.45, 2.75) is 24.6 Å². The Kier molecular flexibility index (Phi) is 6.12. The van der Waals surface area contributed by atoms with Gasteiger partial charge in [0.15, 0.2) is 11.6 Å². The number of carbonyl (C=O) groups excluding carboxylic acids is 1. The lowest BCUT2D eigenvalue weighted by Crippen LogP contribution is -2.14. The number of carbonyl (C=O) groups is 1. The summed E-state index contributed by atoms with van der Waals surface area (Å²) in [6.45, 7) is 0. The van der Waals surface area contributed by atoms with Gasteiger partial charge in [-0.15, -0.1) is 16.9 Å². The molecule has 10 nitrogen and oxygen atoms in total. The highest BCUT2D eigenvalue weighted by atomic mass is 32.2. The Balaban J connectivity index is 1.34. The topological polar surface area (TPSA) is 125 Å². The molecule has 0 bridgehead atoms. The summed E-state index contributed by atoms with van der Waals surface area (Å²) in [7, 11) is 1.39. The molecule has 11 heteroatoms. The van der Waals surface area contributed by atoms with Gasteiger partial charge in [-0.3, -0.25) is 14.9 Å². The summed E-state index contributed by atoms with van der Waals surface area (Å²) in [4.78, 5) is 23.0. The zero-order valence-electron chi connectivity index (χ0n) is 16.7. The lowest BCUT2D eigenvalue weighted by molar-refractivity contribution is -0.385. The van der Waals surface area contributed by atoms with Gasteiger partial charge in [0.25, 0.3) is 0 Å². The van der Waals surface area contributed by atoms with Crippen LogP contribution in [0, 0.1) is 10.1 Å². The van der Waals surface area contributed by atoms with Crippen LogP contribution in [0.25, 0.3) is 11.4 Å². The van der Waals surface area contributed by atoms with E-state index in [1.807, 2.05) is 28.9 Å². The maximum absolute atomic E-state index is 12.4. The number of tetrazole rings is 1. The molecule has 0 unspecified atom stereocenters. The number of aromatic nitrogens is 4. The van der Waals surface area contributed by atoms with Crippen molar-refractivity contribution < 1.29 is 14.5 Å². The third kappa shape index (κ3) is 5.00. The minimum absolute atomic E-state index is 0.0876. The van der Waals surface area contributed by atoms with Crippen LogP contribution in [0.1, 0.15) is 24.4 Å². The molecule has 0 saturated heterocycles. The number of nitro groups is 1. The summed E-state index contributed by atoms with van der Waals surface area (Å²) in [5, 5.41) is 25.9. The normalized spacial score (nSPS) is 13.1. The Morgan fingerprint density at radius 1 is 1.32 bits per heavy atom. The molecule has 1 N–H and O–H groups in total. The standard InChI is InChI=1S/C20H20N6O4S/c1-30-18-8-5-13(9-17(18)26(28)29)11-31-12-19(27)21-15-4-2-3-14(10-15)20-22-23-24-25(20)16-6-7-16/h2-5,8-10,16H,6-7,11-12H2,1H3,(H,21,27). The molecule has 1 fully saturated rings. The number of amides is 1. The minimum atomic E-state index is -0.480. The summed E-state index contributed by atoms with van der Waals surface area (Å²) in [6.07, 6.45) is 2.14. The van der Waals surface area contributed by atoms with E-state index in [1.54, 1.807) is 12.1 Å². The Labute approximate surface area is 182 Å². The van der Waals surface area contributed by atoms with Crippen LogP contribution in [0.2, 0.25) is 0 Å². The van der Waals surface area contributed by atoms with Gasteiger partial charge in [0.1, 0.15) is 0 Å². The maximum atomic E-state index is 12.4. The predicted octanol–water partition coefficient (Wildman–Crippen LogP) is 3.46. The number of nitrogens with zero attached hydrogens (tertiary/aromatic N) is 5. The third-order valence-electron chi connectivity index (χ3n) is 4.73. The van der Waals surface area contributed by atoms with E-state index in [1.165, 1.54) is 24.9 Å². The van der Waals surface area contributed by atoms with E-state index in [2.05, 4.69) is 20.8 Å². The highest BCUT2D eigenvalue weighted by molar-refractivity contribution is 7.99. The number of methoxy groups -OCH3 is 1. The van der Waals surface area contributed by atoms with Gasteiger partial charge < -0.3 is 10.1 Å². The fourth-order valence-electron chi connectivity index (χ4n) is 3.11. The monoisotopic (exact) mass is 440 g/mol. The summed E-state index contributed by atoms with van der Waals surface area (Å²) < 4.78 is 6.83. The van der Waals surface area contributed by atoms with Crippen LogP contribution in [0.4, 0.5) is 11.4 Å². The van der Waals surface area contributed by atoms with Gasteiger partial charge in [-0.1, -0.05) is 18.2 Å². The first-order valence-corrected chi connectivity index (χ1v) is 10.8. The highest BCUT2D eigenvalue weighted by Gasteiger charge is 2.28.